The molecule has 3 aliphatic heterocycles. The molecular formula is C22H27N6OP. The van der Waals surface area contributed by atoms with Gasteiger partial charge in [0.2, 0.25) is 0 Å². The van der Waals surface area contributed by atoms with Crippen LogP contribution in [0.15, 0.2) is 42.4 Å². The highest BCUT2D eigenvalue weighted by Crippen LogP contribution is 2.44. The third-order valence-corrected chi connectivity index (χ3v) is 7.32. The van der Waals surface area contributed by atoms with Crippen LogP contribution in [0.25, 0.3) is 10.8 Å². The number of fused-ring (bicyclic) bond motifs is 2. The van der Waals surface area contributed by atoms with E-state index in [0.717, 1.165) is 59.7 Å². The summed E-state index contributed by atoms with van der Waals surface area (Å²) in [5.74, 6) is 0.0952. The first-order chi connectivity index (χ1) is 14.5. The van der Waals surface area contributed by atoms with Crippen molar-refractivity contribution in [3.63, 3.8) is 0 Å². The Hall–Kier alpha value is -2.50. The number of nitrogens with zero attached hydrogens (tertiary/aromatic N) is 5. The van der Waals surface area contributed by atoms with Crippen LogP contribution in [0.1, 0.15) is 30.9 Å². The van der Waals surface area contributed by atoms with Crippen molar-refractivity contribution < 1.29 is 4.79 Å². The zero-order valence-corrected chi connectivity index (χ0v) is 18.6. The van der Waals surface area contributed by atoms with E-state index in [1.807, 2.05) is 28.7 Å². The Morgan fingerprint density at radius 1 is 1.37 bits per heavy atom. The first kappa shape index (κ1) is 19.5. The molecule has 1 N–H and O–H groups in total. The summed E-state index contributed by atoms with van der Waals surface area (Å²) in [6.07, 6.45) is 10.9. The van der Waals surface area contributed by atoms with Gasteiger partial charge in [-0.2, -0.15) is 5.10 Å². The topological polar surface area (TPSA) is 65.8 Å². The fourth-order valence-electron chi connectivity index (χ4n) is 4.34. The van der Waals surface area contributed by atoms with Crippen molar-refractivity contribution in [2.45, 2.75) is 39.0 Å². The van der Waals surface area contributed by atoms with Crippen LogP contribution in [-0.4, -0.2) is 61.8 Å². The molecule has 1 saturated heterocycles. The third-order valence-electron chi connectivity index (χ3n) is 5.84. The van der Waals surface area contributed by atoms with Crippen molar-refractivity contribution in [1.82, 2.24) is 29.7 Å². The second kappa shape index (κ2) is 7.64. The highest BCUT2D eigenvalue weighted by Gasteiger charge is 2.31. The molecule has 3 atom stereocenters. The largest absolute Gasteiger partial charge is 0.368 e. The second-order valence-corrected chi connectivity index (χ2v) is 9.57. The predicted molar refractivity (Wildman–Crippen MR) is 120 cm³/mol. The van der Waals surface area contributed by atoms with Gasteiger partial charge in [0.1, 0.15) is 0 Å². The number of rotatable bonds is 3. The van der Waals surface area contributed by atoms with E-state index in [2.05, 4.69) is 47.3 Å². The summed E-state index contributed by atoms with van der Waals surface area (Å²) in [5, 5.41) is 9.25. The van der Waals surface area contributed by atoms with Gasteiger partial charge < -0.3 is 15.1 Å². The van der Waals surface area contributed by atoms with Gasteiger partial charge in [-0.1, -0.05) is 21.6 Å². The Morgan fingerprint density at radius 3 is 3.03 bits per heavy atom. The average molecular weight is 422 g/mol. The standard InChI is InChI=1S/C22H27N6OP/c1-4-17-19-9-18(25-28(19)12-15(3)24-17)20-10-21(29)27-13-16(5-6-22(27)30-20)26-8-7-23-14(2)11-26/h5-6,9-10,12-14,22-23,30H,4,7-8,11H2,1-3H3/t14-,22?/m1/s1. The van der Waals surface area contributed by atoms with Gasteiger partial charge in [0, 0.05) is 43.3 Å². The number of hydrogen-bond donors (Lipinski definition) is 1. The fraction of sp³-hybridized carbons (Fsp3) is 0.409. The molecule has 2 aromatic rings. The fourth-order valence-corrected chi connectivity index (χ4v) is 5.67. The van der Waals surface area contributed by atoms with E-state index in [-0.39, 0.29) is 11.7 Å². The smallest absolute Gasteiger partial charge is 0.252 e. The molecule has 0 aliphatic carbocycles. The molecule has 5 rings (SSSR count). The number of amides is 1. The minimum Gasteiger partial charge on any atom is -0.368 e. The van der Waals surface area contributed by atoms with Gasteiger partial charge in [0.05, 0.1) is 40.3 Å². The maximum atomic E-state index is 13.0. The summed E-state index contributed by atoms with van der Waals surface area (Å²) < 4.78 is 1.90. The highest BCUT2D eigenvalue weighted by atomic mass is 31.1. The van der Waals surface area contributed by atoms with Gasteiger partial charge in [-0.25, -0.2) is 4.52 Å². The molecule has 0 radical (unpaired) electrons. The van der Waals surface area contributed by atoms with E-state index < -0.39 is 0 Å². The van der Waals surface area contributed by atoms with Crippen LogP contribution in [0.4, 0.5) is 0 Å². The van der Waals surface area contributed by atoms with Crippen molar-refractivity contribution in [3.8, 4) is 0 Å². The number of carbonyl (C=O) groups excluding carboxylic acids is 1. The number of carbonyl (C=O) groups is 1. The second-order valence-electron chi connectivity index (χ2n) is 8.15. The Balaban J connectivity index is 1.43. The van der Waals surface area contributed by atoms with E-state index in [1.54, 1.807) is 6.08 Å². The molecule has 156 valence electrons. The molecule has 0 bridgehead atoms. The molecule has 1 fully saturated rings. The van der Waals surface area contributed by atoms with E-state index in [4.69, 9.17) is 5.10 Å². The summed E-state index contributed by atoms with van der Waals surface area (Å²) in [7, 11) is 0.467. The molecule has 3 aliphatic rings. The van der Waals surface area contributed by atoms with Crippen LogP contribution in [0.2, 0.25) is 0 Å². The lowest BCUT2D eigenvalue weighted by Gasteiger charge is -2.39. The van der Waals surface area contributed by atoms with Gasteiger partial charge in [-0.15, -0.1) is 0 Å². The van der Waals surface area contributed by atoms with Crippen molar-refractivity contribution in [1.29, 1.82) is 0 Å². The molecule has 0 aromatic carbocycles. The molecule has 8 heteroatoms. The molecule has 1 amide bonds. The number of nitrogens with one attached hydrogen (secondary N) is 1. The van der Waals surface area contributed by atoms with Gasteiger partial charge in [-0.3, -0.25) is 9.78 Å². The molecular weight excluding hydrogens is 395 g/mol. The maximum absolute atomic E-state index is 13.0. The quantitative estimate of drug-likeness (QED) is 0.770. The predicted octanol–water partition coefficient (Wildman–Crippen LogP) is 2.49. The van der Waals surface area contributed by atoms with Gasteiger partial charge in [0.15, 0.2) is 0 Å². The average Bonchev–Trinajstić information content (AvgIpc) is 3.17. The number of allylic oxidation sites excluding steroid dienone is 1. The van der Waals surface area contributed by atoms with E-state index in [1.165, 1.54) is 0 Å². The Morgan fingerprint density at radius 2 is 2.23 bits per heavy atom. The summed E-state index contributed by atoms with van der Waals surface area (Å²) in [4.78, 5) is 21.9. The minimum absolute atomic E-state index is 0.0286. The lowest BCUT2D eigenvalue weighted by molar-refractivity contribution is -0.123. The van der Waals surface area contributed by atoms with Crippen molar-refractivity contribution in [3.05, 3.63) is 59.5 Å². The number of hydrogen-bond acceptors (Lipinski definition) is 5. The van der Waals surface area contributed by atoms with Crippen LogP contribution < -0.4 is 5.32 Å². The number of aromatic nitrogens is 3. The summed E-state index contributed by atoms with van der Waals surface area (Å²) >= 11 is 0. The minimum atomic E-state index is 0.0286. The van der Waals surface area contributed by atoms with E-state index in [0.29, 0.717) is 14.6 Å². The monoisotopic (exact) mass is 422 g/mol. The first-order valence-electron chi connectivity index (χ1n) is 10.6. The lowest BCUT2D eigenvalue weighted by atomic mass is 10.2. The lowest BCUT2D eigenvalue weighted by Crippen LogP contribution is -2.49. The molecule has 0 spiro atoms. The van der Waals surface area contributed by atoms with Crippen molar-refractivity contribution >= 4 is 25.3 Å². The van der Waals surface area contributed by atoms with Crippen LogP contribution in [0.3, 0.4) is 0 Å². The van der Waals surface area contributed by atoms with Crippen molar-refractivity contribution in [2.75, 3.05) is 19.6 Å². The van der Waals surface area contributed by atoms with E-state index in [9.17, 15) is 4.79 Å². The molecule has 2 unspecified atom stereocenters. The summed E-state index contributed by atoms with van der Waals surface area (Å²) in [6.45, 7) is 9.18. The third kappa shape index (κ3) is 3.46. The Bertz CT molecular complexity index is 1100. The Kier molecular flexibility index (Phi) is 4.95. The molecule has 2 aromatic heterocycles. The molecule has 0 saturated carbocycles. The van der Waals surface area contributed by atoms with Gasteiger partial charge in [0.25, 0.3) is 5.91 Å². The van der Waals surface area contributed by atoms with Crippen molar-refractivity contribution in [2.24, 2.45) is 0 Å². The molecule has 7 nitrogen and oxygen atoms in total. The van der Waals surface area contributed by atoms with Crippen LogP contribution in [0, 0.1) is 6.92 Å². The molecule has 30 heavy (non-hydrogen) atoms. The normalized spacial score (nSPS) is 25.0. The Labute approximate surface area is 178 Å². The SMILES string of the molecule is CCc1nc(C)cn2nc(C3=CC(=O)N4C=C(N5CCN[C@H](C)C5)C=CC4P3)cc12. The van der Waals surface area contributed by atoms with Gasteiger partial charge in [-0.05, 0) is 32.4 Å². The summed E-state index contributed by atoms with van der Waals surface area (Å²) in [6, 6.07) is 2.53. The summed E-state index contributed by atoms with van der Waals surface area (Å²) in [5.41, 5.74) is 5.01. The molecule has 5 heterocycles. The van der Waals surface area contributed by atoms with Crippen LogP contribution in [0.5, 0.6) is 0 Å². The maximum Gasteiger partial charge on any atom is 0.252 e. The first-order valence-corrected chi connectivity index (χ1v) is 11.6. The van der Waals surface area contributed by atoms with Crippen LogP contribution in [-0.2, 0) is 11.2 Å². The van der Waals surface area contributed by atoms with Crippen LogP contribution >= 0.6 is 8.58 Å². The number of aryl methyl sites for hydroxylation is 2. The van der Waals surface area contributed by atoms with Gasteiger partial charge >= 0.3 is 0 Å². The number of piperazine rings is 1. The zero-order chi connectivity index (χ0) is 20.8. The zero-order valence-electron chi connectivity index (χ0n) is 17.6. The highest BCUT2D eigenvalue weighted by molar-refractivity contribution is 7.51. The van der Waals surface area contributed by atoms with E-state index >= 15 is 0 Å².